The van der Waals surface area contributed by atoms with Crippen molar-refractivity contribution >= 4 is 27.7 Å². The molecule has 1 heterocycles. The summed E-state index contributed by atoms with van der Waals surface area (Å²) in [5, 5.41) is 2.16. The average molecular weight is 317 g/mol. The van der Waals surface area contributed by atoms with Gasteiger partial charge >= 0.3 is 0 Å². The molecule has 0 aliphatic heterocycles. The number of nitrogens with zero attached hydrogens (tertiary/aromatic N) is 2. The first-order chi connectivity index (χ1) is 8.26. The molecule has 0 unspecified atom stereocenters. The van der Waals surface area contributed by atoms with Gasteiger partial charge in [-0.15, -0.1) is 11.8 Å². The third-order valence-corrected chi connectivity index (χ3v) is 5.41. The number of thioether (sulfide) groups is 1. The molecule has 0 radical (unpaired) electrons. The number of aromatic nitrogens is 2. The van der Waals surface area contributed by atoms with Crippen LogP contribution in [0, 0.1) is 5.41 Å². The Bertz CT molecular complexity index is 300. The third-order valence-electron chi connectivity index (χ3n) is 2.93. The molecule has 96 valence electrons. The maximum atomic E-state index is 4.27. The molecule has 0 N–H and O–H groups in total. The second kappa shape index (κ2) is 8.09. The molecule has 2 nitrogen and oxygen atoms in total. The quantitative estimate of drug-likeness (QED) is 0.400. The highest BCUT2D eigenvalue weighted by atomic mass is 79.9. The van der Waals surface area contributed by atoms with Gasteiger partial charge in [0.2, 0.25) is 0 Å². The Labute approximate surface area is 117 Å². The lowest BCUT2D eigenvalue weighted by atomic mass is 9.83. The van der Waals surface area contributed by atoms with Crippen LogP contribution >= 0.6 is 27.7 Å². The molecule has 0 amide bonds. The van der Waals surface area contributed by atoms with Crippen molar-refractivity contribution in [3.8, 4) is 0 Å². The van der Waals surface area contributed by atoms with Crippen LogP contribution in [0.1, 0.15) is 39.5 Å². The zero-order valence-corrected chi connectivity index (χ0v) is 13.1. The fourth-order valence-electron chi connectivity index (χ4n) is 2.09. The number of hydrogen-bond acceptors (Lipinski definition) is 3. The van der Waals surface area contributed by atoms with Crippen LogP contribution in [-0.2, 0) is 0 Å². The fourth-order valence-corrected chi connectivity index (χ4v) is 4.24. The van der Waals surface area contributed by atoms with Gasteiger partial charge < -0.3 is 0 Å². The lowest BCUT2D eigenvalue weighted by Gasteiger charge is -2.31. The molecule has 0 aromatic carbocycles. The minimum absolute atomic E-state index is 0.416. The van der Waals surface area contributed by atoms with Crippen molar-refractivity contribution in [1.29, 1.82) is 0 Å². The highest BCUT2D eigenvalue weighted by molar-refractivity contribution is 9.09. The molecule has 0 saturated heterocycles. The number of rotatable bonds is 8. The van der Waals surface area contributed by atoms with E-state index in [9.17, 15) is 0 Å². The van der Waals surface area contributed by atoms with E-state index >= 15 is 0 Å². The Morgan fingerprint density at radius 1 is 1.29 bits per heavy atom. The van der Waals surface area contributed by atoms with Crippen LogP contribution in [-0.4, -0.2) is 21.1 Å². The molecule has 1 rings (SSSR count). The average Bonchev–Trinajstić information content (AvgIpc) is 2.38. The molecular weight excluding hydrogens is 296 g/mol. The van der Waals surface area contributed by atoms with Crippen LogP contribution in [0.15, 0.2) is 23.6 Å². The van der Waals surface area contributed by atoms with Crippen molar-refractivity contribution < 1.29 is 0 Å². The summed E-state index contributed by atoms with van der Waals surface area (Å²) in [6, 6.07) is 1.99. The molecule has 0 atom stereocenters. The molecule has 4 heteroatoms. The zero-order valence-electron chi connectivity index (χ0n) is 10.7. The molecule has 1 aromatic rings. The van der Waals surface area contributed by atoms with Crippen LogP contribution in [0.3, 0.4) is 0 Å². The largest absolute Gasteiger partial charge is 0.245 e. The molecule has 0 fully saturated rings. The van der Waals surface area contributed by atoms with Gasteiger partial charge in [-0.05, 0) is 24.3 Å². The molecular formula is C13H21BrN2S. The summed E-state index contributed by atoms with van der Waals surface area (Å²) in [6.45, 7) is 4.53. The van der Waals surface area contributed by atoms with Gasteiger partial charge in [-0.2, -0.15) is 0 Å². The molecule has 0 saturated carbocycles. The summed E-state index contributed by atoms with van der Waals surface area (Å²) in [5.41, 5.74) is 0.416. The Kier molecular flexibility index (Phi) is 7.12. The van der Waals surface area contributed by atoms with E-state index in [1.54, 1.807) is 6.33 Å². The van der Waals surface area contributed by atoms with Gasteiger partial charge in [-0.25, -0.2) is 9.97 Å². The number of hydrogen-bond donors (Lipinski definition) is 0. The summed E-state index contributed by atoms with van der Waals surface area (Å²) in [6.07, 6.45) is 8.49. The highest BCUT2D eigenvalue weighted by Crippen LogP contribution is 2.37. The first kappa shape index (κ1) is 15.0. The van der Waals surface area contributed by atoms with Crippen molar-refractivity contribution in [2.45, 2.75) is 44.6 Å². The van der Waals surface area contributed by atoms with Gasteiger partial charge in [0.25, 0.3) is 0 Å². The number of alkyl halides is 1. The molecule has 0 bridgehead atoms. The smallest absolute Gasteiger partial charge is 0.116 e. The maximum absolute atomic E-state index is 4.27. The van der Waals surface area contributed by atoms with Crippen molar-refractivity contribution in [3.05, 3.63) is 18.6 Å². The third kappa shape index (κ3) is 4.96. The van der Waals surface area contributed by atoms with Crippen LogP contribution in [0.4, 0.5) is 0 Å². The Morgan fingerprint density at radius 2 is 2.00 bits per heavy atom. The first-order valence-corrected chi connectivity index (χ1v) is 8.32. The van der Waals surface area contributed by atoms with Gasteiger partial charge in [-0.1, -0.05) is 42.6 Å². The highest BCUT2D eigenvalue weighted by Gasteiger charge is 2.27. The molecule has 0 aliphatic rings. The van der Waals surface area contributed by atoms with E-state index < -0.39 is 0 Å². The van der Waals surface area contributed by atoms with Gasteiger partial charge in [0, 0.05) is 17.3 Å². The van der Waals surface area contributed by atoms with Crippen LogP contribution in [0.5, 0.6) is 0 Å². The van der Waals surface area contributed by atoms with Gasteiger partial charge in [-0.3, -0.25) is 0 Å². The summed E-state index contributed by atoms with van der Waals surface area (Å²) in [5.74, 6) is 1.14. The normalized spacial score (nSPS) is 11.7. The van der Waals surface area contributed by atoms with Crippen molar-refractivity contribution in [2.75, 3.05) is 11.1 Å². The summed E-state index contributed by atoms with van der Waals surface area (Å²) in [4.78, 5) is 8.22. The Hall–Kier alpha value is -0.0900. The van der Waals surface area contributed by atoms with Crippen molar-refractivity contribution in [3.63, 3.8) is 0 Å². The second-order valence-electron chi connectivity index (χ2n) is 4.47. The van der Waals surface area contributed by atoms with Gasteiger partial charge in [0.1, 0.15) is 6.33 Å². The van der Waals surface area contributed by atoms with Gasteiger partial charge in [0.05, 0.1) is 5.03 Å². The molecule has 0 aliphatic carbocycles. The topological polar surface area (TPSA) is 25.8 Å². The zero-order chi connectivity index (χ0) is 12.6. The van der Waals surface area contributed by atoms with E-state index in [1.807, 2.05) is 24.0 Å². The summed E-state index contributed by atoms with van der Waals surface area (Å²) >= 11 is 5.55. The predicted octanol–water partition coefficient (Wildman–Crippen LogP) is 4.55. The van der Waals surface area contributed by atoms with E-state index in [1.165, 1.54) is 25.7 Å². The predicted molar refractivity (Wildman–Crippen MR) is 78.8 cm³/mol. The van der Waals surface area contributed by atoms with Crippen LogP contribution in [0.2, 0.25) is 0 Å². The standard InChI is InChI=1S/C13H21BrN2S/c1-3-6-13(9-14,7-4-2)10-17-12-5-8-15-11-16-12/h5,8,11H,3-4,6-7,9-10H2,1-2H3. The van der Waals surface area contributed by atoms with E-state index in [4.69, 9.17) is 0 Å². The van der Waals surface area contributed by atoms with Gasteiger partial charge in [0.15, 0.2) is 0 Å². The Balaban J connectivity index is 2.59. The van der Waals surface area contributed by atoms with E-state index in [-0.39, 0.29) is 0 Å². The summed E-state index contributed by atoms with van der Waals surface area (Å²) in [7, 11) is 0. The fraction of sp³-hybridized carbons (Fsp3) is 0.692. The van der Waals surface area contributed by atoms with E-state index in [0.29, 0.717) is 5.41 Å². The summed E-state index contributed by atoms with van der Waals surface area (Å²) < 4.78 is 0. The minimum atomic E-state index is 0.416. The monoisotopic (exact) mass is 316 g/mol. The number of halogens is 1. The van der Waals surface area contributed by atoms with E-state index in [0.717, 1.165) is 16.1 Å². The van der Waals surface area contributed by atoms with Crippen molar-refractivity contribution in [2.24, 2.45) is 5.41 Å². The lowest BCUT2D eigenvalue weighted by Crippen LogP contribution is -2.25. The Morgan fingerprint density at radius 3 is 2.47 bits per heavy atom. The second-order valence-corrected chi connectivity index (χ2v) is 6.03. The maximum Gasteiger partial charge on any atom is 0.116 e. The van der Waals surface area contributed by atoms with Crippen LogP contribution in [0.25, 0.3) is 0 Å². The van der Waals surface area contributed by atoms with Crippen molar-refractivity contribution in [1.82, 2.24) is 9.97 Å². The lowest BCUT2D eigenvalue weighted by molar-refractivity contribution is 0.320. The molecule has 17 heavy (non-hydrogen) atoms. The molecule has 0 spiro atoms. The molecule has 1 aromatic heterocycles. The first-order valence-electron chi connectivity index (χ1n) is 6.21. The minimum Gasteiger partial charge on any atom is -0.245 e. The SMILES string of the molecule is CCCC(CBr)(CCC)CSc1ccncn1. The van der Waals surface area contributed by atoms with Crippen LogP contribution < -0.4 is 0 Å². The van der Waals surface area contributed by atoms with E-state index in [2.05, 4.69) is 39.7 Å².